The fourth-order valence-corrected chi connectivity index (χ4v) is 6.24. The molecule has 2 aromatic heterocycles. The zero-order valence-electron chi connectivity index (χ0n) is 17.1. The number of benzene rings is 1. The molecule has 0 aliphatic heterocycles. The van der Waals surface area contributed by atoms with E-state index in [1.165, 1.54) is 28.6 Å². The second-order valence-electron chi connectivity index (χ2n) is 7.39. The minimum absolute atomic E-state index is 0.00659. The van der Waals surface area contributed by atoms with Crippen molar-refractivity contribution in [2.75, 3.05) is 20.0 Å². The SMILES string of the molecule is COc1ccc(OC)c(C(=O)CSc2nc(C)nc3sc4c(c23)CC[C@@H](C)C4)c1. The van der Waals surface area contributed by atoms with Crippen LogP contribution in [0.5, 0.6) is 11.5 Å². The van der Waals surface area contributed by atoms with E-state index in [2.05, 4.69) is 11.9 Å². The number of thiophene rings is 1. The number of hydrogen-bond acceptors (Lipinski definition) is 7. The van der Waals surface area contributed by atoms with Crippen LogP contribution in [0.25, 0.3) is 10.2 Å². The number of Topliss-reactive ketones (excluding diaryl/α,β-unsaturated/α-hetero) is 1. The number of carbonyl (C=O) groups is 1. The number of rotatable bonds is 6. The second-order valence-corrected chi connectivity index (χ2v) is 9.43. The van der Waals surface area contributed by atoms with E-state index in [1.807, 2.05) is 6.92 Å². The highest BCUT2D eigenvalue weighted by molar-refractivity contribution is 8.00. The Kier molecular flexibility index (Phi) is 5.79. The molecule has 0 bridgehead atoms. The van der Waals surface area contributed by atoms with Gasteiger partial charge in [-0.2, -0.15) is 0 Å². The smallest absolute Gasteiger partial charge is 0.176 e. The van der Waals surface area contributed by atoms with Crippen LogP contribution in [0.4, 0.5) is 0 Å². The number of hydrogen-bond donors (Lipinski definition) is 0. The first-order chi connectivity index (χ1) is 14.0. The van der Waals surface area contributed by atoms with Gasteiger partial charge in [-0.15, -0.1) is 11.3 Å². The Labute approximate surface area is 178 Å². The van der Waals surface area contributed by atoms with Gasteiger partial charge in [-0.05, 0) is 55.9 Å². The molecule has 29 heavy (non-hydrogen) atoms. The van der Waals surface area contributed by atoms with E-state index in [9.17, 15) is 4.79 Å². The number of ether oxygens (including phenoxy) is 2. The maximum Gasteiger partial charge on any atom is 0.176 e. The molecule has 4 rings (SSSR count). The first-order valence-electron chi connectivity index (χ1n) is 9.67. The van der Waals surface area contributed by atoms with Crippen LogP contribution in [0.15, 0.2) is 23.2 Å². The summed E-state index contributed by atoms with van der Waals surface area (Å²) in [7, 11) is 3.16. The summed E-state index contributed by atoms with van der Waals surface area (Å²) in [4.78, 5) is 24.8. The van der Waals surface area contributed by atoms with Crippen molar-refractivity contribution in [3.05, 3.63) is 40.0 Å². The fourth-order valence-electron chi connectivity index (χ4n) is 3.76. The Morgan fingerprint density at radius 3 is 2.86 bits per heavy atom. The number of thioether (sulfide) groups is 1. The second kappa shape index (κ2) is 8.32. The van der Waals surface area contributed by atoms with Crippen LogP contribution in [-0.4, -0.2) is 35.7 Å². The molecule has 2 heterocycles. The van der Waals surface area contributed by atoms with Crippen molar-refractivity contribution in [1.29, 1.82) is 0 Å². The summed E-state index contributed by atoms with van der Waals surface area (Å²) in [6.07, 6.45) is 3.37. The summed E-state index contributed by atoms with van der Waals surface area (Å²) in [6, 6.07) is 5.29. The average molecular weight is 429 g/mol. The molecule has 152 valence electrons. The molecule has 1 aliphatic carbocycles. The van der Waals surface area contributed by atoms with Crippen LogP contribution >= 0.6 is 23.1 Å². The minimum atomic E-state index is -0.00659. The lowest BCUT2D eigenvalue weighted by atomic mass is 9.89. The molecular weight excluding hydrogens is 404 g/mol. The lowest BCUT2D eigenvalue weighted by Crippen LogP contribution is -2.09. The molecular formula is C22H24N2O3S2. The molecule has 3 aromatic rings. The molecule has 0 radical (unpaired) electrons. The molecule has 0 fully saturated rings. The molecule has 0 saturated carbocycles. The third kappa shape index (κ3) is 3.98. The van der Waals surface area contributed by atoms with Crippen LogP contribution in [0.3, 0.4) is 0 Å². The van der Waals surface area contributed by atoms with Crippen molar-refractivity contribution in [3.63, 3.8) is 0 Å². The van der Waals surface area contributed by atoms with Gasteiger partial charge in [0.05, 0.1) is 25.5 Å². The summed E-state index contributed by atoms with van der Waals surface area (Å²) < 4.78 is 10.6. The average Bonchev–Trinajstić information content (AvgIpc) is 3.08. The van der Waals surface area contributed by atoms with E-state index >= 15 is 0 Å². The van der Waals surface area contributed by atoms with Gasteiger partial charge in [-0.1, -0.05) is 18.7 Å². The standard InChI is InChI=1S/C22H24N2O3S2/c1-12-5-7-15-19(9-12)29-22-20(15)21(23-13(2)24-22)28-11-17(25)16-10-14(26-3)6-8-18(16)27-4/h6,8,10,12H,5,7,9,11H2,1-4H3/t12-/m1/s1. The summed E-state index contributed by atoms with van der Waals surface area (Å²) in [5.41, 5.74) is 1.92. The van der Waals surface area contributed by atoms with E-state index < -0.39 is 0 Å². The Hall–Kier alpha value is -2.12. The molecule has 5 nitrogen and oxygen atoms in total. The van der Waals surface area contributed by atoms with E-state index in [-0.39, 0.29) is 11.5 Å². The highest BCUT2D eigenvalue weighted by Crippen LogP contribution is 2.41. The van der Waals surface area contributed by atoms with Crippen LogP contribution in [0.2, 0.25) is 0 Å². The maximum atomic E-state index is 13.0. The zero-order valence-corrected chi connectivity index (χ0v) is 18.7. The summed E-state index contributed by atoms with van der Waals surface area (Å²) in [5, 5.41) is 2.06. The molecule has 7 heteroatoms. The normalized spacial score (nSPS) is 15.9. The molecule has 1 aliphatic rings. The number of fused-ring (bicyclic) bond motifs is 3. The van der Waals surface area contributed by atoms with Crippen molar-refractivity contribution < 1.29 is 14.3 Å². The predicted octanol–water partition coefficient (Wildman–Crippen LogP) is 5.12. The number of nitrogens with zero attached hydrogens (tertiary/aromatic N) is 2. The minimum Gasteiger partial charge on any atom is -0.497 e. The fraction of sp³-hybridized carbons (Fsp3) is 0.409. The first kappa shape index (κ1) is 20.2. The number of carbonyl (C=O) groups excluding carboxylic acids is 1. The van der Waals surface area contributed by atoms with Crippen LogP contribution in [0, 0.1) is 12.8 Å². The Balaban J connectivity index is 1.64. The summed E-state index contributed by atoms with van der Waals surface area (Å²) in [5.74, 6) is 2.94. The number of ketones is 1. The third-order valence-electron chi connectivity index (χ3n) is 5.28. The van der Waals surface area contributed by atoms with E-state index in [4.69, 9.17) is 14.5 Å². The topological polar surface area (TPSA) is 61.3 Å². The Bertz CT molecular complexity index is 1080. The van der Waals surface area contributed by atoms with E-state index in [0.29, 0.717) is 23.0 Å². The van der Waals surface area contributed by atoms with Gasteiger partial charge < -0.3 is 9.47 Å². The van der Waals surface area contributed by atoms with Gasteiger partial charge in [0.1, 0.15) is 27.2 Å². The first-order valence-corrected chi connectivity index (χ1v) is 11.5. The van der Waals surface area contributed by atoms with Gasteiger partial charge >= 0.3 is 0 Å². The predicted molar refractivity (Wildman–Crippen MR) is 118 cm³/mol. The quantitative estimate of drug-likeness (QED) is 0.309. The number of aryl methyl sites for hydroxylation is 2. The van der Waals surface area contributed by atoms with E-state index in [0.717, 1.165) is 33.9 Å². The molecule has 0 amide bonds. The largest absolute Gasteiger partial charge is 0.497 e. The molecule has 0 saturated heterocycles. The zero-order chi connectivity index (χ0) is 20.5. The van der Waals surface area contributed by atoms with Gasteiger partial charge in [-0.25, -0.2) is 9.97 Å². The molecule has 0 N–H and O–H groups in total. The van der Waals surface area contributed by atoms with Crippen molar-refractivity contribution in [3.8, 4) is 11.5 Å². The van der Waals surface area contributed by atoms with Crippen molar-refractivity contribution in [2.24, 2.45) is 5.92 Å². The van der Waals surface area contributed by atoms with Crippen LogP contribution in [-0.2, 0) is 12.8 Å². The Morgan fingerprint density at radius 1 is 1.28 bits per heavy atom. The van der Waals surface area contributed by atoms with Crippen LogP contribution in [0.1, 0.15) is 40.0 Å². The van der Waals surface area contributed by atoms with Crippen molar-refractivity contribution >= 4 is 39.1 Å². The van der Waals surface area contributed by atoms with Crippen molar-refractivity contribution in [2.45, 2.75) is 38.1 Å². The monoisotopic (exact) mass is 428 g/mol. The number of aromatic nitrogens is 2. The van der Waals surface area contributed by atoms with Crippen molar-refractivity contribution in [1.82, 2.24) is 9.97 Å². The molecule has 0 unspecified atom stereocenters. The van der Waals surface area contributed by atoms with Gasteiger partial charge in [-0.3, -0.25) is 4.79 Å². The molecule has 1 aromatic carbocycles. The van der Waals surface area contributed by atoms with Crippen LogP contribution < -0.4 is 9.47 Å². The Morgan fingerprint density at radius 2 is 2.10 bits per heavy atom. The lowest BCUT2D eigenvalue weighted by Gasteiger charge is -2.18. The summed E-state index contributed by atoms with van der Waals surface area (Å²) >= 11 is 3.28. The molecule has 0 spiro atoms. The maximum absolute atomic E-state index is 13.0. The molecule has 1 atom stereocenters. The van der Waals surface area contributed by atoms with Gasteiger partial charge in [0, 0.05) is 10.3 Å². The van der Waals surface area contributed by atoms with Gasteiger partial charge in [0.15, 0.2) is 5.78 Å². The number of methoxy groups -OCH3 is 2. The van der Waals surface area contributed by atoms with E-state index in [1.54, 1.807) is 43.8 Å². The third-order valence-corrected chi connectivity index (χ3v) is 7.40. The van der Waals surface area contributed by atoms with Gasteiger partial charge in [0.2, 0.25) is 0 Å². The highest BCUT2D eigenvalue weighted by atomic mass is 32.2. The lowest BCUT2D eigenvalue weighted by molar-refractivity contribution is 0.101. The summed E-state index contributed by atoms with van der Waals surface area (Å²) in [6.45, 7) is 4.22. The van der Waals surface area contributed by atoms with Gasteiger partial charge in [0.25, 0.3) is 0 Å². The highest BCUT2D eigenvalue weighted by Gasteiger charge is 2.24.